The van der Waals surface area contributed by atoms with E-state index in [-0.39, 0.29) is 5.96 Å². The van der Waals surface area contributed by atoms with Gasteiger partial charge in [0.2, 0.25) is 5.96 Å². The number of guanidine groups is 1. The van der Waals surface area contributed by atoms with Crippen LogP contribution in [0.15, 0.2) is 29.3 Å². The van der Waals surface area contributed by atoms with Crippen LogP contribution in [0.5, 0.6) is 0 Å². The van der Waals surface area contributed by atoms with E-state index >= 15 is 0 Å². The van der Waals surface area contributed by atoms with E-state index < -0.39 is 23.4 Å². The Balaban J connectivity index is 2.97. The van der Waals surface area contributed by atoms with Gasteiger partial charge in [0, 0.05) is 0 Å². The van der Waals surface area contributed by atoms with Gasteiger partial charge in [0.25, 0.3) is 0 Å². The number of nitrogens with zero attached hydrogens (tertiary/aromatic N) is 1. The minimum absolute atomic E-state index is 0.0715. The largest absolute Gasteiger partial charge is 0.444 e. The van der Waals surface area contributed by atoms with Crippen molar-refractivity contribution < 1.29 is 19.1 Å². The summed E-state index contributed by atoms with van der Waals surface area (Å²) >= 11 is 0. The van der Waals surface area contributed by atoms with Crippen LogP contribution in [0, 0.1) is 0 Å². The molecule has 2 amide bonds. The number of alkyl carbamates (subject to hydrolysis) is 2. The Morgan fingerprint density at radius 2 is 1.31 bits per heavy atom. The molecule has 0 saturated heterocycles. The number of rotatable bonds is 2. The summed E-state index contributed by atoms with van der Waals surface area (Å²) in [6, 6.07) is 7.45. The summed E-state index contributed by atoms with van der Waals surface area (Å²) < 4.78 is 10.4. The number of benzene rings is 1. The lowest BCUT2D eigenvalue weighted by molar-refractivity contribution is 0.0545. The van der Waals surface area contributed by atoms with Crippen molar-refractivity contribution in [2.75, 3.05) is 0 Å². The third-order valence-corrected chi connectivity index (χ3v) is 2.82. The molecule has 1 rings (SSSR count). The highest BCUT2D eigenvalue weighted by atomic mass is 16.6. The fraction of sp³-hybridized carbons (Fsp3) is 0.526. The Labute approximate surface area is 155 Å². The molecule has 0 atom stereocenters. The molecule has 0 aliphatic carbocycles. The molecule has 0 aliphatic heterocycles. The zero-order valence-electron chi connectivity index (χ0n) is 16.6. The molecule has 7 nitrogen and oxygen atoms in total. The predicted octanol–water partition coefficient (Wildman–Crippen LogP) is 4.29. The molecular formula is C19H29N3O4. The smallest absolute Gasteiger partial charge is 0.414 e. The van der Waals surface area contributed by atoms with E-state index in [1.54, 1.807) is 53.7 Å². The topological polar surface area (TPSA) is 89.0 Å². The molecule has 0 bridgehead atoms. The van der Waals surface area contributed by atoms with Crippen LogP contribution in [0.25, 0.3) is 0 Å². The molecule has 0 aromatic heterocycles. The Morgan fingerprint density at radius 3 is 1.65 bits per heavy atom. The Bertz CT molecular complexity index is 621. The monoisotopic (exact) mass is 363 g/mol. The first kappa shape index (κ1) is 21.5. The van der Waals surface area contributed by atoms with Crippen molar-refractivity contribution in [1.82, 2.24) is 10.6 Å². The maximum absolute atomic E-state index is 12.0. The number of carbonyl (C=O) groups is 2. The van der Waals surface area contributed by atoms with E-state index in [1.165, 1.54) is 0 Å². The summed E-state index contributed by atoms with van der Waals surface area (Å²) in [6.07, 6.45) is -0.543. The van der Waals surface area contributed by atoms with Gasteiger partial charge in [-0.1, -0.05) is 19.1 Å². The highest BCUT2D eigenvalue weighted by Crippen LogP contribution is 2.14. The van der Waals surface area contributed by atoms with Crippen LogP contribution < -0.4 is 10.6 Å². The van der Waals surface area contributed by atoms with Gasteiger partial charge in [-0.25, -0.2) is 14.6 Å². The molecule has 0 heterocycles. The van der Waals surface area contributed by atoms with Gasteiger partial charge in [0.05, 0.1) is 5.69 Å². The summed E-state index contributed by atoms with van der Waals surface area (Å²) in [7, 11) is 0. The summed E-state index contributed by atoms with van der Waals surface area (Å²) in [5.74, 6) is -0.0715. The van der Waals surface area contributed by atoms with Crippen molar-refractivity contribution in [3.05, 3.63) is 29.8 Å². The van der Waals surface area contributed by atoms with E-state index in [9.17, 15) is 9.59 Å². The Kier molecular flexibility index (Phi) is 7.18. The normalized spacial score (nSPS) is 11.3. The molecule has 144 valence electrons. The first-order valence-electron chi connectivity index (χ1n) is 8.55. The van der Waals surface area contributed by atoms with E-state index in [0.29, 0.717) is 5.69 Å². The summed E-state index contributed by atoms with van der Waals surface area (Å²) in [4.78, 5) is 28.3. The first-order valence-corrected chi connectivity index (χ1v) is 8.55. The number of amides is 2. The average molecular weight is 363 g/mol. The first-order chi connectivity index (χ1) is 11.9. The van der Waals surface area contributed by atoms with Crippen LogP contribution in [0.2, 0.25) is 0 Å². The van der Waals surface area contributed by atoms with Crippen molar-refractivity contribution in [2.45, 2.75) is 66.1 Å². The number of hydrogen-bond donors (Lipinski definition) is 2. The van der Waals surface area contributed by atoms with Crippen LogP contribution in [-0.4, -0.2) is 29.3 Å². The number of aliphatic imine (C=N–C) groups is 1. The maximum Gasteiger partial charge on any atom is 0.414 e. The van der Waals surface area contributed by atoms with Crippen molar-refractivity contribution in [3.63, 3.8) is 0 Å². The fourth-order valence-electron chi connectivity index (χ4n) is 1.82. The van der Waals surface area contributed by atoms with Gasteiger partial charge in [-0.15, -0.1) is 0 Å². The quantitative estimate of drug-likeness (QED) is 0.606. The zero-order chi connectivity index (χ0) is 20.0. The van der Waals surface area contributed by atoms with Gasteiger partial charge in [0.15, 0.2) is 0 Å². The molecule has 7 heteroatoms. The molecule has 1 aromatic rings. The van der Waals surface area contributed by atoms with Gasteiger partial charge in [0.1, 0.15) is 11.2 Å². The third-order valence-electron chi connectivity index (χ3n) is 2.82. The van der Waals surface area contributed by atoms with Crippen molar-refractivity contribution >= 4 is 23.8 Å². The highest BCUT2D eigenvalue weighted by molar-refractivity contribution is 6.02. The molecule has 0 radical (unpaired) electrons. The van der Waals surface area contributed by atoms with Gasteiger partial charge < -0.3 is 9.47 Å². The van der Waals surface area contributed by atoms with Gasteiger partial charge in [-0.2, -0.15) is 0 Å². The van der Waals surface area contributed by atoms with Crippen LogP contribution in [0.1, 0.15) is 54.0 Å². The van der Waals surface area contributed by atoms with Crippen molar-refractivity contribution in [2.24, 2.45) is 4.99 Å². The second-order valence-electron chi connectivity index (χ2n) is 7.73. The van der Waals surface area contributed by atoms with Gasteiger partial charge in [-0.3, -0.25) is 10.6 Å². The van der Waals surface area contributed by atoms with Gasteiger partial charge in [-0.05, 0) is 65.7 Å². The molecule has 0 spiro atoms. The lowest BCUT2D eigenvalue weighted by Gasteiger charge is -2.22. The summed E-state index contributed by atoms with van der Waals surface area (Å²) in [6.45, 7) is 12.5. The molecule has 2 N–H and O–H groups in total. The van der Waals surface area contributed by atoms with Crippen molar-refractivity contribution in [3.8, 4) is 0 Å². The predicted molar refractivity (Wildman–Crippen MR) is 102 cm³/mol. The van der Waals surface area contributed by atoms with Gasteiger partial charge >= 0.3 is 12.2 Å². The second-order valence-corrected chi connectivity index (χ2v) is 7.73. The SMILES string of the molecule is CCc1ccc(N=C(NC(=O)OC(C)(C)C)NC(=O)OC(C)(C)C)cc1. The van der Waals surface area contributed by atoms with Crippen LogP contribution in [0.3, 0.4) is 0 Å². The molecule has 26 heavy (non-hydrogen) atoms. The summed E-state index contributed by atoms with van der Waals surface area (Å²) in [5, 5.41) is 4.89. The van der Waals surface area contributed by atoms with E-state index in [1.807, 2.05) is 12.1 Å². The number of hydrogen-bond acceptors (Lipinski definition) is 5. The lowest BCUT2D eigenvalue weighted by Crippen LogP contribution is -2.47. The Hall–Kier alpha value is -2.57. The van der Waals surface area contributed by atoms with Crippen LogP contribution in [0.4, 0.5) is 15.3 Å². The minimum Gasteiger partial charge on any atom is -0.444 e. The lowest BCUT2D eigenvalue weighted by atomic mass is 10.2. The molecule has 0 fully saturated rings. The standard InChI is InChI=1S/C19H29N3O4/c1-8-13-9-11-14(12-10-13)20-15(21-16(23)25-18(2,3)4)22-17(24)26-19(5,6)7/h9-12H,8H2,1-7H3,(H2,20,21,22,23,24). The highest BCUT2D eigenvalue weighted by Gasteiger charge is 2.21. The maximum atomic E-state index is 12.0. The van der Waals surface area contributed by atoms with E-state index in [2.05, 4.69) is 22.5 Å². The van der Waals surface area contributed by atoms with Crippen molar-refractivity contribution in [1.29, 1.82) is 0 Å². The number of nitrogens with one attached hydrogen (secondary N) is 2. The van der Waals surface area contributed by atoms with E-state index in [0.717, 1.165) is 12.0 Å². The molecule has 0 unspecified atom stereocenters. The Morgan fingerprint density at radius 1 is 0.885 bits per heavy atom. The number of carbonyl (C=O) groups excluding carboxylic acids is 2. The fourth-order valence-corrected chi connectivity index (χ4v) is 1.82. The third kappa shape index (κ3) is 9.05. The second kappa shape index (κ2) is 8.69. The minimum atomic E-state index is -0.725. The number of aryl methyl sites for hydroxylation is 1. The molecular weight excluding hydrogens is 334 g/mol. The zero-order valence-corrected chi connectivity index (χ0v) is 16.6. The van der Waals surface area contributed by atoms with E-state index in [4.69, 9.17) is 9.47 Å². The summed E-state index contributed by atoms with van der Waals surface area (Å²) in [5.41, 5.74) is 0.378. The van der Waals surface area contributed by atoms with Crippen LogP contribution >= 0.6 is 0 Å². The molecule has 0 saturated carbocycles. The average Bonchev–Trinajstić information content (AvgIpc) is 2.43. The molecule has 1 aromatic carbocycles. The van der Waals surface area contributed by atoms with Crippen LogP contribution in [-0.2, 0) is 15.9 Å². The number of ether oxygens (including phenoxy) is 2. The molecule has 0 aliphatic rings.